The van der Waals surface area contributed by atoms with E-state index in [-0.39, 0.29) is 17.4 Å². The average Bonchev–Trinajstić information content (AvgIpc) is 2.60. The predicted octanol–water partition coefficient (Wildman–Crippen LogP) is 2.64. The van der Waals surface area contributed by atoms with Gasteiger partial charge in [-0.25, -0.2) is 13.6 Å². The monoisotopic (exact) mass is 392 g/mol. The van der Waals surface area contributed by atoms with Crippen LogP contribution in [0.25, 0.3) is 6.08 Å². The molecule has 1 aliphatic heterocycles. The van der Waals surface area contributed by atoms with Crippen molar-refractivity contribution >= 4 is 33.6 Å². The minimum absolute atomic E-state index is 0.000108. The van der Waals surface area contributed by atoms with Gasteiger partial charge in [0.25, 0.3) is 5.91 Å². The molecule has 1 atom stereocenters. The summed E-state index contributed by atoms with van der Waals surface area (Å²) in [5.41, 5.74) is 1.82. The molecule has 2 aromatic carbocycles. The Morgan fingerprint density at radius 1 is 1.27 bits per heavy atom. The number of benzene rings is 2. The zero-order chi connectivity index (χ0) is 18.9. The molecule has 3 rings (SSSR count). The first-order chi connectivity index (χ1) is 12.2. The van der Waals surface area contributed by atoms with E-state index in [1.807, 2.05) is 0 Å². The molecule has 8 heteroatoms. The SMILES string of the molecule is C[C@H](NC(=O)C1=Cc2cc(Cl)ccc2OC1)c1cccc(S(N)(=O)=O)c1. The fourth-order valence-corrected chi connectivity index (χ4v) is 3.36. The highest BCUT2D eigenvalue weighted by atomic mass is 35.5. The number of nitrogens with one attached hydrogen (secondary N) is 1. The van der Waals surface area contributed by atoms with Gasteiger partial charge in [0.1, 0.15) is 12.4 Å². The summed E-state index contributed by atoms with van der Waals surface area (Å²) in [5, 5.41) is 8.54. The van der Waals surface area contributed by atoms with Gasteiger partial charge in [-0.15, -0.1) is 0 Å². The second kappa shape index (κ2) is 7.11. The second-order valence-electron chi connectivity index (χ2n) is 5.95. The van der Waals surface area contributed by atoms with Gasteiger partial charge in [0.2, 0.25) is 10.0 Å². The lowest BCUT2D eigenvalue weighted by atomic mass is 10.1. The lowest BCUT2D eigenvalue weighted by Crippen LogP contribution is -2.31. The van der Waals surface area contributed by atoms with Gasteiger partial charge in [0.05, 0.1) is 16.5 Å². The Morgan fingerprint density at radius 2 is 2.04 bits per heavy atom. The fourth-order valence-electron chi connectivity index (χ4n) is 2.61. The Kier molecular flexibility index (Phi) is 5.04. The van der Waals surface area contributed by atoms with Crippen LogP contribution in [0.15, 0.2) is 52.9 Å². The molecular weight excluding hydrogens is 376 g/mol. The Bertz CT molecular complexity index is 1000. The quantitative estimate of drug-likeness (QED) is 0.835. The third kappa shape index (κ3) is 4.07. The van der Waals surface area contributed by atoms with E-state index in [0.29, 0.717) is 21.9 Å². The zero-order valence-electron chi connectivity index (χ0n) is 13.9. The van der Waals surface area contributed by atoms with Crippen molar-refractivity contribution in [1.29, 1.82) is 0 Å². The molecule has 0 radical (unpaired) electrons. The number of sulfonamides is 1. The van der Waals surface area contributed by atoms with Gasteiger partial charge in [-0.05, 0) is 48.9 Å². The van der Waals surface area contributed by atoms with Crippen molar-refractivity contribution < 1.29 is 17.9 Å². The number of carbonyl (C=O) groups is 1. The van der Waals surface area contributed by atoms with E-state index in [9.17, 15) is 13.2 Å². The molecule has 2 aromatic rings. The van der Waals surface area contributed by atoms with E-state index in [2.05, 4.69) is 5.32 Å². The van der Waals surface area contributed by atoms with Gasteiger partial charge < -0.3 is 10.1 Å². The molecular formula is C18H17ClN2O4S. The van der Waals surface area contributed by atoms with Crippen molar-refractivity contribution in [1.82, 2.24) is 5.32 Å². The number of fused-ring (bicyclic) bond motifs is 1. The highest BCUT2D eigenvalue weighted by Gasteiger charge is 2.20. The summed E-state index contributed by atoms with van der Waals surface area (Å²) in [6.45, 7) is 1.90. The van der Waals surface area contributed by atoms with Crippen LogP contribution in [-0.2, 0) is 14.8 Å². The van der Waals surface area contributed by atoms with Crippen LogP contribution in [0.2, 0.25) is 5.02 Å². The number of carbonyl (C=O) groups excluding carboxylic acids is 1. The summed E-state index contributed by atoms with van der Waals surface area (Å²) in [7, 11) is -3.80. The van der Waals surface area contributed by atoms with Gasteiger partial charge in [0.15, 0.2) is 0 Å². The molecule has 0 aromatic heterocycles. The molecule has 136 valence electrons. The first kappa shape index (κ1) is 18.4. The highest BCUT2D eigenvalue weighted by molar-refractivity contribution is 7.89. The van der Waals surface area contributed by atoms with Crippen LogP contribution in [0.1, 0.15) is 24.1 Å². The van der Waals surface area contributed by atoms with Gasteiger partial charge in [-0.3, -0.25) is 4.79 Å². The number of hydrogen-bond donors (Lipinski definition) is 2. The first-order valence-electron chi connectivity index (χ1n) is 7.80. The third-order valence-electron chi connectivity index (χ3n) is 4.01. The number of primary sulfonamides is 1. The molecule has 1 aliphatic rings. The van der Waals surface area contributed by atoms with Crippen LogP contribution in [0.5, 0.6) is 5.75 Å². The van der Waals surface area contributed by atoms with E-state index in [1.165, 1.54) is 12.1 Å². The largest absolute Gasteiger partial charge is 0.488 e. The van der Waals surface area contributed by atoms with E-state index in [0.717, 1.165) is 5.56 Å². The smallest absolute Gasteiger partial charge is 0.251 e. The van der Waals surface area contributed by atoms with E-state index >= 15 is 0 Å². The van der Waals surface area contributed by atoms with Gasteiger partial charge in [-0.2, -0.15) is 0 Å². The maximum Gasteiger partial charge on any atom is 0.251 e. The number of ether oxygens (including phenoxy) is 1. The normalized spacial score (nSPS) is 14.7. The maximum absolute atomic E-state index is 12.5. The molecule has 0 saturated heterocycles. The first-order valence-corrected chi connectivity index (χ1v) is 9.73. The van der Waals surface area contributed by atoms with Crippen LogP contribution in [0, 0.1) is 0 Å². The van der Waals surface area contributed by atoms with Crippen LogP contribution >= 0.6 is 11.6 Å². The van der Waals surface area contributed by atoms with Crippen molar-refractivity contribution in [2.75, 3.05) is 6.61 Å². The highest BCUT2D eigenvalue weighted by Crippen LogP contribution is 2.29. The molecule has 0 bridgehead atoms. The standard InChI is InChI=1S/C18H17ClN2O4S/c1-11(12-3-2-4-16(9-12)26(20,23)24)21-18(22)14-7-13-8-15(19)5-6-17(13)25-10-14/h2-9,11H,10H2,1H3,(H,21,22)(H2,20,23,24)/t11-/m0/s1. The van der Waals surface area contributed by atoms with Crippen LogP contribution in [0.4, 0.5) is 0 Å². The minimum Gasteiger partial charge on any atom is -0.488 e. The zero-order valence-corrected chi connectivity index (χ0v) is 15.5. The molecule has 0 fully saturated rings. The molecule has 26 heavy (non-hydrogen) atoms. The molecule has 1 amide bonds. The predicted molar refractivity (Wildman–Crippen MR) is 99.3 cm³/mol. The van der Waals surface area contributed by atoms with Crippen molar-refractivity contribution in [2.45, 2.75) is 17.9 Å². The molecule has 0 saturated carbocycles. The van der Waals surface area contributed by atoms with Gasteiger partial charge in [-0.1, -0.05) is 23.7 Å². The summed E-state index contributed by atoms with van der Waals surface area (Å²) in [6.07, 6.45) is 1.73. The van der Waals surface area contributed by atoms with Gasteiger partial charge in [0, 0.05) is 10.6 Å². The number of hydrogen-bond acceptors (Lipinski definition) is 4. The van der Waals surface area contributed by atoms with Crippen LogP contribution in [-0.4, -0.2) is 20.9 Å². The van der Waals surface area contributed by atoms with E-state index in [4.69, 9.17) is 21.5 Å². The Morgan fingerprint density at radius 3 is 2.77 bits per heavy atom. The number of amides is 1. The minimum atomic E-state index is -3.80. The Hall–Kier alpha value is -2.35. The van der Waals surface area contributed by atoms with Crippen LogP contribution in [0.3, 0.4) is 0 Å². The molecule has 6 nitrogen and oxygen atoms in total. The molecule has 0 unspecified atom stereocenters. The summed E-state index contributed by atoms with van der Waals surface area (Å²) < 4.78 is 28.5. The molecule has 0 spiro atoms. The second-order valence-corrected chi connectivity index (χ2v) is 7.95. The molecule has 0 aliphatic carbocycles. The summed E-state index contributed by atoms with van der Waals surface area (Å²) >= 11 is 5.98. The number of halogens is 1. The molecule has 1 heterocycles. The van der Waals surface area contributed by atoms with E-state index < -0.39 is 16.1 Å². The van der Waals surface area contributed by atoms with Crippen molar-refractivity contribution in [3.8, 4) is 5.75 Å². The topological polar surface area (TPSA) is 98.5 Å². The Labute approximate surface area is 156 Å². The van der Waals surface area contributed by atoms with Gasteiger partial charge >= 0.3 is 0 Å². The van der Waals surface area contributed by atoms with Crippen molar-refractivity contribution in [3.63, 3.8) is 0 Å². The van der Waals surface area contributed by atoms with E-state index in [1.54, 1.807) is 43.3 Å². The third-order valence-corrected chi connectivity index (χ3v) is 5.16. The number of nitrogens with two attached hydrogens (primary N) is 1. The lowest BCUT2D eigenvalue weighted by Gasteiger charge is -2.20. The lowest BCUT2D eigenvalue weighted by molar-refractivity contribution is -0.118. The number of rotatable bonds is 4. The fraction of sp³-hybridized carbons (Fsp3) is 0.167. The summed E-state index contributed by atoms with van der Waals surface area (Å²) in [4.78, 5) is 12.5. The summed E-state index contributed by atoms with van der Waals surface area (Å²) in [5.74, 6) is 0.365. The maximum atomic E-state index is 12.5. The van der Waals surface area contributed by atoms with Crippen molar-refractivity contribution in [3.05, 3.63) is 64.2 Å². The Balaban J connectivity index is 1.78. The summed E-state index contributed by atoms with van der Waals surface area (Å²) in [6, 6.07) is 10.9. The molecule has 3 N–H and O–H groups in total. The average molecular weight is 393 g/mol. The van der Waals surface area contributed by atoms with Crippen molar-refractivity contribution in [2.24, 2.45) is 5.14 Å². The van der Waals surface area contributed by atoms with Crippen LogP contribution < -0.4 is 15.2 Å².